The number of hydrogen-bond donors (Lipinski definition) is 2. The third kappa shape index (κ3) is 5.29. The van der Waals surface area contributed by atoms with Crippen molar-refractivity contribution in [2.24, 2.45) is 0 Å². The van der Waals surface area contributed by atoms with Crippen molar-refractivity contribution >= 4 is 49.6 Å². The van der Waals surface area contributed by atoms with Crippen LogP contribution < -0.4 is 11.5 Å². The van der Waals surface area contributed by atoms with Crippen LogP contribution in [0.3, 0.4) is 0 Å². The molecule has 4 nitrogen and oxygen atoms in total. The zero-order valence-corrected chi connectivity index (χ0v) is 28.8. The molecule has 0 atom stereocenters. The van der Waals surface area contributed by atoms with Gasteiger partial charge in [-0.05, 0) is 45.4 Å². The molecule has 0 radical (unpaired) electrons. The lowest BCUT2D eigenvalue weighted by Crippen LogP contribution is -2.43. The number of nitrogen functional groups attached to an aromatic ring is 2. The molecule has 2 aromatic carbocycles. The largest absolute Gasteiger partial charge is 0.396 e. The molecule has 0 spiro atoms. The van der Waals surface area contributed by atoms with Crippen molar-refractivity contribution in [3.8, 4) is 22.9 Å². The number of hydrogen-bond acceptors (Lipinski definition) is 4. The molecule has 0 aliphatic carbocycles. The number of nitrogens with two attached hydrogens (primary N) is 2. The van der Waals surface area contributed by atoms with E-state index in [4.69, 9.17) is 21.4 Å². The number of benzene rings is 2. The molecule has 3 rings (SSSR count). The summed E-state index contributed by atoms with van der Waals surface area (Å²) in [6.45, 7) is 27.8. The van der Waals surface area contributed by atoms with Crippen LogP contribution in [-0.2, 0) is 0 Å². The first kappa shape index (κ1) is 31.7. The summed E-state index contributed by atoms with van der Waals surface area (Å²) in [4.78, 5) is 10.2. The summed E-state index contributed by atoms with van der Waals surface area (Å²) >= 11 is 0. The van der Waals surface area contributed by atoms with E-state index in [0.29, 0.717) is 66.8 Å². The third-order valence-corrected chi connectivity index (χ3v) is 22.0. The Morgan fingerprint density at radius 2 is 0.800 bits per heavy atom. The van der Waals surface area contributed by atoms with Crippen LogP contribution in [0.15, 0.2) is 24.3 Å². The van der Waals surface area contributed by atoms with Crippen LogP contribution in [0.5, 0.6) is 0 Å². The predicted molar refractivity (Wildman–Crippen MR) is 182 cm³/mol. The van der Waals surface area contributed by atoms with Crippen molar-refractivity contribution in [2.45, 2.75) is 116 Å². The van der Waals surface area contributed by atoms with Crippen LogP contribution >= 0.6 is 0 Å². The predicted octanol–water partition coefficient (Wildman–Crippen LogP) is 9.09. The van der Waals surface area contributed by atoms with Crippen molar-refractivity contribution in [2.75, 3.05) is 11.5 Å². The summed E-state index contributed by atoms with van der Waals surface area (Å²) in [7, 11) is -4.02. The van der Waals surface area contributed by atoms with E-state index in [2.05, 4.69) is 106 Å². The maximum Gasteiger partial charge on any atom is 0.146 e. The first-order chi connectivity index (χ1) is 18.6. The lowest BCUT2D eigenvalue weighted by molar-refractivity contribution is 0.838. The van der Waals surface area contributed by atoms with Crippen LogP contribution in [0.2, 0.25) is 33.2 Å². The fourth-order valence-corrected chi connectivity index (χ4v) is 17.7. The highest BCUT2D eigenvalue weighted by molar-refractivity contribution is 6.91. The third-order valence-electron chi connectivity index (χ3n) is 9.41. The Morgan fingerprint density at radius 1 is 0.525 bits per heavy atom. The number of fused-ring (bicyclic) bond motifs is 2. The van der Waals surface area contributed by atoms with E-state index < -0.39 is 16.1 Å². The van der Waals surface area contributed by atoms with Gasteiger partial charge in [0.25, 0.3) is 0 Å². The maximum absolute atomic E-state index is 6.83. The zero-order valence-electron chi connectivity index (χ0n) is 26.8. The van der Waals surface area contributed by atoms with Gasteiger partial charge in [0.1, 0.15) is 27.2 Å². The minimum atomic E-state index is -2.01. The first-order valence-electron chi connectivity index (χ1n) is 15.0. The topological polar surface area (TPSA) is 77.8 Å². The summed E-state index contributed by atoms with van der Waals surface area (Å²) in [5.74, 6) is 7.13. The molecular formula is C34H50N4Si2. The molecule has 0 amide bonds. The Kier molecular flexibility index (Phi) is 9.49. The summed E-state index contributed by atoms with van der Waals surface area (Å²) in [5, 5.41) is 0. The quantitative estimate of drug-likeness (QED) is 0.134. The normalized spacial score (nSPS) is 12.7. The standard InChI is InChI=1S/C34H50N4Si2/c1-21(2)39(22(3)4,23(5)6)19-17-27-31(35)32(36)28(18-20-40(24(7)8,25(9)10)26(11)12)34-33(27)37-29-15-13-14-16-30(29)38-34/h13-16,21-26H,35-36H2,1-12H3. The first-order valence-corrected chi connectivity index (χ1v) is 19.4. The molecular weight excluding hydrogens is 521 g/mol. The van der Waals surface area contributed by atoms with E-state index in [1.54, 1.807) is 0 Å². The van der Waals surface area contributed by atoms with Crippen molar-refractivity contribution in [3.05, 3.63) is 35.4 Å². The van der Waals surface area contributed by atoms with E-state index in [1.165, 1.54) is 0 Å². The summed E-state index contributed by atoms with van der Waals surface area (Å²) in [5.41, 5.74) is 29.7. The van der Waals surface area contributed by atoms with Crippen molar-refractivity contribution in [3.63, 3.8) is 0 Å². The highest BCUT2D eigenvalue weighted by Gasteiger charge is 2.43. The molecule has 0 aliphatic heterocycles. The van der Waals surface area contributed by atoms with Crippen LogP contribution in [0.4, 0.5) is 11.4 Å². The number of rotatable bonds is 6. The average molecular weight is 571 g/mol. The highest BCUT2D eigenvalue weighted by Crippen LogP contribution is 2.43. The second kappa shape index (κ2) is 12.0. The fraction of sp³-hybridized carbons (Fsp3) is 0.529. The molecule has 0 bridgehead atoms. The Balaban J connectivity index is 2.48. The molecule has 1 heterocycles. The lowest BCUT2D eigenvalue weighted by atomic mass is 10.0. The average Bonchev–Trinajstić information content (AvgIpc) is 2.86. The molecule has 40 heavy (non-hydrogen) atoms. The number of para-hydroxylation sites is 2. The highest BCUT2D eigenvalue weighted by atomic mass is 28.3. The minimum Gasteiger partial charge on any atom is -0.396 e. The van der Waals surface area contributed by atoms with E-state index in [1.807, 2.05) is 24.3 Å². The molecule has 214 valence electrons. The van der Waals surface area contributed by atoms with Gasteiger partial charge in [-0.1, -0.05) is 107 Å². The van der Waals surface area contributed by atoms with Gasteiger partial charge in [0.05, 0.1) is 33.5 Å². The molecule has 0 aliphatic rings. The van der Waals surface area contributed by atoms with Gasteiger partial charge in [-0.15, -0.1) is 11.1 Å². The Bertz CT molecular complexity index is 1350. The number of anilines is 2. The second-order valence-electron chi connectivity index (χ2n) is 13.3. The summed E-state index contributed by atoms with van der Waals surface area (Å²) in [6, 6.07) is 7.94. The van der Waals surface area contributed by atoms with Crippen molar-refractivity contribution in [1.29, 1.82) is 0 Å². The van der Waals surface area contributed by atoms with E-state index >= 15 is 0 Å². The number of nitrogens with zero attached hydrogens (tertiary/aromatic N) is 2. The van der Waals surface area contributed by atoms with Gasteiger partial charge in [0, 0.05) is 0 Å². The van der Waals surface area contributed by atoms with Gasteiger partial charge in [-0.25, -0.2) is 9.97 Å². The van der Waals surface area contributed by atoms with Crippen LogP contribution in [0.25, 0.3) is 22.1 Å². The molecule has 3 aromatic rings. The van der Waals surface area contributed by atoms with Crippen LogP contribution in [-0.4, -0.2) is 26.1 Å². The van der Waals surface area contributed by atoms with Crippen LogP contribution in [0, 0.1) is 22.9 Å². The minimum absolute atomic E-state index is 0.471. The van der Waals surface area contributed by atoms with Gasteiger partial charge in [0.15, 0.2) is 0 Å². The monoisotopic (exact) mass is 570 g/mol. The summed E-state index contributed by atoms with van der Waals surface area (Å²) < 4.78 is 0. The van der Waals surface area contributed by atoms with Gasteiger partial charge in [0.2, 0.25) is 0 Å². The molecule has 1 aromatic heterocycles. The number of aromatic nitrogens is 2. The molecule has 6 heteroatoms. The maximum atomic E-state index is 6.83. The van der Waals surface area contributed by atoms with Crippen LogP contribution in [0.1, 0.15) is 94.2 Å². The van der Waals surface area contributed by atoms with Gasteiger partial charge < -0.3 is 11.5 Å². The summed E-state index contributed by atoms with van der Waals surface area (Å²) in [6.07, 6.45) is 0. The Labute approximate surface area is 245 Å². The van der Waals surface area contributed by atoms with E-state index in [9.17, 15) is 0 Å². The molecule has 4 N–H and O–H groups in total. The SMILES string of the molecule is CC(C)[Si](C#Cc1c(N)c(N)c(C#C[Si](C(C)C)(C(C)C)C(C)C)c2nc3ccccc3nc12)(C(C)C)C(C)C. The van der Waals surface area contributed by atoms with Crippen molar-refractivity contribution in [1.82, 2.24) is 9.97 Å². The Hall–Kier alpha value is -2.81. The zero-order chi connectivity index (χ0) is 30.2. The van der Waals surface area contributed by atoms with Gasteiger partial charge in [-0.2, -0.15) is 0 Å². The van der Waals surface area contributed by atoms with E-state index in [-0.39, 0.29) is 0 Å². The Morgan fingerprint density at radius 3 is 1.05 bits per heavy atom. The smallest absolute Gasteiger partial charge is 0.146 e. The second-order valence-corrected chi connectivity index (χ2v) is 24.4. The lowest BCUT2D eigenvalue weighted by Gasteiger charge is -2.38. The molecule has 0 saturated carbocycles. The molecule has 0 saturated heterocycles. The molecule has 0 fully saturated rings. The van der Waals surface area contributed by atoms with E-state index in [0.717, 1.165) is 11.0 Å². The van der Waals surface area contributed by atoms with Gasteiger partial charge >= 0.3 is 0 Å². The fourth-order valence-electron chi connectivity index (χ4n) is 7.33. The van der Waals surface area contributed by atoms with Gasteiger partial charge in [-0.3, -0.25) is 0 Å². The molecule has 0 unspecified atom stereocenters. The van der Waals surface area contributed by atoms with Crippen molar-refractivity contribution < 1.29 is 0 Å².